The van der Waals surface area contributed by atoms with Gasteiger partial charge >= 0.3 is 0 Å². The van der Waals surface area contributed by atoms with Crippen LogP contribution in [0.2, 0.25) is 5.02 Å². The van der Waals surface area contributed by atoms with Gasteiger partial charge in [0.25, 0.3) is 10.0 Å². The van der Waals surface area contributed by atoms with Crippen molar-refractivity contribution >= 4 is 21.6 Å². The molecule has 1 heterocycles. The standard InChI is InChI=1S/C14H17ClN2O4S/c1-9(2)14-16-5-6-17(14)22(18,19)13-8-11(20-3)10(15)7-12(13)21-4/h5-9H,1-4H3. The first-order valence-electron chi connectivity index (χ1n) is 6.53. The van der Waals surface area contributed by atoms with Gasteiger partial charge in [0.05, 0.1) is 19.2 Å². The molecule has 0 N–H and O–H groups in total. The molecule has 22 heavy (non-hydrogen) atoms. The van der Waals surface area contributed by atoms with E-state index in [4.69, 9.17) is 21.1 Å². The van der Waals surface area contributed by atoms with E-state index in [-0.39, 0.29) is 27.3 Å². The lowest BCUT2D eigenvalue weighted by Crippen LogP contribution is -2.17. The highest BCUT2D eigenvalue weighted by Gasteiger charge is 2.27. The maximum Gasteiger partial charge on any atom is 0.272 e. The van der Waals surface area contributed by atoms with Gasteiger partial charge in [-0.05, 0) is 0 Å². The Morgan fingerprint density at radius 1 is 1.18 bits per heavy atom. The van der Waals surface area contributed by atoms with Crippen LogP contribution in [0.5, 0.6) is 11.5 Å². The van der Waals surface area contributed by atoms with E-state index in [0.717, 1.165) is 3.97 Å². The molecule has 2 rings (SSSR count). The molecule has 0 radical (unpaired) electrons. The monoisotopic (exact) mass is 344 g/mol. The van der Waals surface area contributed by atoms with Crippen molar-refractivity contribution in [2.45, 2.75) is 24.7 Å². The third kappa shape index (κ3) is 2.78. The van der Waals surface area contributed by atoms with Crippen LogP contribution in [0.25, 0.3) is 0 Å². The van der Waals surface area contributed by atoms with Gasteiger partial charge in [-0.25, -0.2) is 17.4 Å². The molecule has 6 nitrogen and oxygen atoms in total. The molecule has 1 aromatic heterocycles. The number of nitrogens with zero attached hydrogens (tertiary/aromatic N) is 2. The van der Waals surface area contributed by atoms with Gasteiger partial charge in [-0.2, -0.15) is 0 Å². The van der Waals surface area contributed by atoms with Crippen molar-refractivity contribution < 1.29 is 17.9 Å². The van der Waals surface area contributed by atoms with Crippen molar-refractivity contribution in [3.63, 3.8) is 0 Å². The highest BCUT2D eigenvalue weighted by molar-refractivity contribution is 7.90. The number of rotatable bonds is 5. The Hall–Kier alpha value is -1.73. The number of hydrogen-bond acceptors (Lipinski definition) is 5. The van der Waals surface area contributed by atoms with Crippen molar-refractivity contribution in [2.75, 3.05) is 14.2 Å². The second kappa shape index (κ2) is 6.18. The lowest BCUT2D eigenvalue weighted by atomic mass is 10.2. The maximum atomic E-state index is 12.9. The summed E-state index contributed by atoms with van der Waals surface area (Å²) in [5.74, 6) is 0.794. The van der Waals surface area contributed by atoms with Crippen molar-refractivity contribution in [3.05, 3.63) is 35.4 Å². The Labute approximate surface area is 134 Å². The quantitative estimate of drug-likeness (QED) is 0.834. The average molecular weight is 345 g/mol. The van der Waals surface area contributed by atoms with Gasteiger partial charge in [0.1, 0.15) is 22.2 Å². The Kier molecular flexibility index (Phi) is 4.67. The highest BCUT2D eigenvalue weighted by Crippen LogP contribution is 2.36. The summed E-state index contributed by atoms with van der Waals surface area (Å²) in [5.41, 5.74) is 0. The van der Waals surface area contributed by atoms with Gasteiger partial charge in [-0.15, -0.1) is 0 Å². The molecule has 0 atom stereocenters. The van der Waals surface area contributed by atoms with E-state index in [2.05, 4.69) is 4.98 Å². The molecule has 0 bridgehead atoms. The van der Waals surface area contributed by atoms with Crippen LogP contribution in [0.4, 0.5) is 0 Å². The largest absolute Gasteiger partial charge is 0.495 e. The van der Waals surface area contributed by atoms with Crippen LogP contribution in [0.3, 0.4) is 0 Å². The second-order valence-corrected chi connectivity index (χ2v) is 7.07. The average Bonchev–Trinajstić information content (AvgIpc) is 2.97. The predicted octanol–water partition coefficient (Wildman–Crippen LogP) is 2.91. The zero-order valence-corrected chi connectivity index (χ0v) is 14.3. The van der Waals surface area contributed by atoms with Crippen molar-refractivity contribution in [1.29, 1.82) is 0 Å². The van der Waals surface area contributed by atoms with Crippen LogP contribution in [-0.2, 0) is 10.0 Å². The number of aromatic nitrogens is 2. The summed E-state index contributed by atoms with van der Waals surface area (Å²) in [6, 6.07) is 2.76. The summed E-state index contributed by atoms with van der Waals surface area (Å²) >= 11 is 6.02. The summed E-state index contributed by atoms with van der Waals surface area (Å²) in [7, 11) is -1.07. The molecule has 0 saturated heterocycles. The van der Waals surface area contributed by atoms with Gasteiger partial charge < -0.3 is 9.47 Å². The Morgan fingerprint density at radius 2 is 1.82 bits per heavy atom. The molecular weight excluding hydrogens is 328 g/mol. The normalized spacial score (nSPS) is 11.7. The molecule has 0 saturated carbocycles. The molecule has 0 spiro atoms. The van der Waals surface area contributed by atoms with Crippen molar-refractivity contribution in [3.8, 4) is 11.5 Å². The first kappa shape index (κ1) is 16.6. The van der Waals surface area contributed by atoms with E-state index in [1.165, 1.54) is 38.7 Å². The van der Waals surface area contributed by atoms with E-state index in [0.29, 0.717) is 5.82 Å². The smallest absolute Gasteiger partial charge is 0.272 e. The molecule has 0 aliphatic rings. The minimum Gasteiger partial charge on any atom is -0.495 e. The maximum absolute atomic E-state index is 12.9. The van der Waals surface area contributed by atoms with E-state index < -0.39 is 10.0 Å². The minimum absolute atomic E-state index is 0.0313. The lowest BCUT2D eigenvalue weighted by Gasteiger charge is -2.15. The molecule has 1 aromatic carbocycles. The van der Waals surface area contributed by atoms with E-state index in [1.54, 1.807) is 0 Å². The molecule has 0 aliphatic carbocycles. The van der Waals surface area contributed by atoms with E-state index in [9.17, 15) is 8.42 Å². The van der Waals surface area contributed by atoms with Gasteiger partial charge in [0.2, 0.25) is 0 Å². The van der Waals surface area contributed by atoms with E-state index >= 15 is 0 Å². The van der Waals surface area contributed by atoms with Crippen molar-refractivity contribution in [2.24, 2.45) is 0 Å². The van der Waals surface area contributed by atoms with Crippen LogP contribution < -0.4 is 9.47 Å². The fourth-order valence-electron chi connectivity index (χ4n) is 2.05. The summed E-state index contributed by atoms with van der Waals surface area (Å²) < 4.78 is 37.2. The van der Waals surface area contributed by atoms with Crippen LogP contribution in [0.15, 0.2) is 29.4 Å². The molecule has 0 aliphatic heterocycles. The van der Waals surface area contributed by atoms with Crippen molar-refractivity contribution in [1.82, 2.24) is 8.96 Å². The molecule has 2 aromatic rings. The van der Waals surface area contributed by atoms with Gasteiger partial charge in [0, 0.05) is 30.4 Å². The third-order valence-corrected chi connectivity index (χ3v) is 5.12. The van der Waals surface area contributed by atoms with Gasteiger partial charge in [-0.1, -0.05) is 25.4 Å². The number of methoxy groups -OCH3 is 2. The molecule has 0 unspecified atom stereocenters. The Morgan fingerprint density at radius 3 is 2.36 bits per heavy atom. The number of hydrogen-bond donors (Lipinski definition) is 0. The number of imidazole rings is 1. The molecule has 0 amide bonds. The van der Waals surface area contributed by atoms with Gasteiger partial charge in [-0.3, -0.25) is 0 Å². The molecule has 120 valence electrons. The number of ether oxygens (including phenoxy) is 2. The van der Waals surface area contributed by atoms with Crippen LogP contribution in [-0.4, -0.2) is 31.6 Å². The summed E-state index contributed by atoms with van der Waals surface area (Å²) in [6.07, 6.45) is 2.86. The van der Waals surface area contributed by atoms with Crippen LogP contribution >= 0.6 is 11.6 Å². The molecule has 0 fully saturated rings. The minimum atomic E-state index is -3.87. The second-order valence-electron chi connectivity index (χ2n) is 4.88. The topological polar surface area (TPSA) is 70.4 Å². The summed E-state index contributed by atoms with van der Waals surface area (Å²) in [6.45, 7) is 3.74. The first-order chi connectivity index (χ1) is 10.3. The summed E-state index contributed by atoms with van der Waals surface area (Å²) in [5, 5.41) is 0.271. The zero-order chi connectivity index (χ0) is 16.5. The Balaban J connectivity index is 2.70. The summed E-state index contributed by atoms with van der Waals surface area (Å²) in [4.78, 5) is 4.08. The van der Waals surface area contributed by atoms with Gasteiger partial charge in [0.15, 0.2) is 0 Å². The number of halogens is 1. The van der Waals surface area contributed by atoms with E-state index in [1.807, 2.05) is 13.8 Å². The third-order valence-electron chi connectivity index (χ3n) is 3.13. The lowest BCUT2D eigenvalue weighted by molar-refractivity contribution is 0.392. The predicted molar refractivity (Wildman–Crippen MR) is 83.5 cm³/mol. The molecule has 8 heteroatoms. The highest BCUT2D eigenvalue weighted by atomic mass is 35.5. The fraction of sp³-hybridized carbons (Fsp3) is 0.357. The first-order valence-corrected chi connectivity index (χ1v) is 8.35. The molecular formula is C14H17ClN2O4S. The van der Waals surface area contributed by atoms with Crippen LogP contribution in [0.1, 0.15) is 25.6 Å². The van der Waals surface area contributed by atoms with Crippen LogP contribution in [0, 0.1) is 0 Å². The fourth-order valence-corrected chi connectivity index (χ4v) is 3.86. The zero-order valence-electron chi connectivity index (χ0n) is 12.7. The number of benzene rings is 1. The Bertz CT molecular complexity index is 784. The SMILES string of the molecule is COc1cc(S(=O)(=O)n2ccnc2C(C)C)c(OC)cc1Cl.